The molecule has 0 radical (unpaired) electrons. The van der Waals surface area contributed by atoms with E-state index in [1.54, 1.807) is 6.07 Å². The van der Waals surface area contributed by atoms with Gasteiger partial charge < -0.3 is 20.1 Å². The van der Waals surface area contributed by atoms with Gasteiger partial charge in [0.25, 0.3) is 0 Å². The van der Waals surface area contributed by atoms with Gasteiger partial charge in [-0.1, -0.05) is 23.2 Å². The average Bonchev–Trinajstić information content (AvgIpc) is 2.34. The van der Waals surface area contributed by atoms with Crippen molar-refractivity contribution in [2.45, 2.75) is 0 Å². The Hall–Kier alpha value is -1.33. The Balaban J connectivity index is 3.29. The van der Waals surface area contributed by atoms with Crippen LogP contribution in [0.1, 0.15) is 0 Å². The monoisotopic (exact) mass is 278 g/mol. The number of urea groups is 1. The lowest BCUT2D eigenvalue weighted by atomic mass is 10.2. The van der Waals surface area contributed by atoms with E-state index in [-0.39, 0.29) is 15.7 Å². The number of ether oxygens (including phenoxy) is 2. The van der Waals surface area contributed by atoms with E-state index >= 15 is 0 Å². The maximum atomic E-state index is 11.3. The first kappa shape index (κ1) is 13.7. The van der Waals surface area contributed by atoms with Crippen LogP contribution in [0.5, 0.6) is 11.5 Å². The molecule has 0 bridgehead atoms. The number of carbonyl (C=O) groups excluding carboxylic acids is 1. The highest BCUT2D eigenvalue weighted by Gasteiger charge is 2.18. The molecule has 0 aliphatic heterocycles. The van der Waals surface area contributed by atoms with Crippen LogP contribution in [-0.4, -0.2) is 27.3 Å². The van der Waals surface area contributed by atoms with Gasteiger partial charge in [0.15, 0.2) is 0 Å². The molecule has 0 unspecified atom stereocenters. The van der Waals surface area contributed by atoms with E-state index < -0.39 is 6.03 Å². The Kier molecular flexibility index (Phi) is 4.72. The summed E-state index contributed by atoms with van der Waals surface area (Å²) in [4.78, 5) is 11.3. The highest BCUT2D eigenvalue weighted by molar-refractivity contribution is 6.41. The number of halogens is 2. The quantitative estimate of drug-likeness (QED) is 0.894. The van der Waals surface area contributed by atoms with Crippen molar-refractivity contribution in [3.8, 4) is 11.5 Å². The molecule has 0 fully saturated rings. The fraction of sp³-hybridized carbons (Fsp3) is 0.300. The van der Waals surface area contributed by atoms with Crippen molar-refractivity contribution in [1.29, 1.82) is 0 Å². The summed E-state index contributed by atoms with van der Waals surface area (Å²) in [5.41, 5.74) is 0.240. The van der Waals surface area contributed by atoms with E-state index in [0.29, 0.717) is 11.5 Å². The van der Waals surface area contributed by atoms with Gasteiger partial charge in [-0.05, 0) is 0 Å². The van der Waals surface area contributed by atoms with Gasteiger partial charge in [-0.25, -0.2) is 4.79 Å². The molecule has 1 aromatic rings. The fourth-order valence-corrected chi connectivity index (χ4v) is 1.77. The first-order chi connectivity index (χ1) is 8.04. The minimum absolute atomic E-state index is 0.210. The van der Waals surface area contributed by atoms with Crippen LogP contribution in [0.4, 0.5) is 10.5 Å². The molecule has 2 amide bonds. The van der Waals surface area contributed by atoms with Gasteiger partial charge in [-0.2, -0.15) is 0 Å². The summed E-state index contributed by atoms with van der Waals surface area (Å²) >= 11 is 12.1. The summed E-state index contributed by atoms with van der Waals surface area (Å²) in [6, 6.07) is 1.10. The number of amides is 2. The molecular weight excluding hydrogens is 267 g/mol. The maximum Gasteiger partial charge on any atom is 0.319 e. The molecule has 0 heterocycles. The van der Waals surface area contributed by atoms with Crippen molar-refractivity contribution < 1.29 is 14.3 Å². The van der Waals surface area contributed by atoms with Crippen LogP contribution >= 0.6 is 23.2 Å². The third kappa shape index (κ3) is 2.87. The molecule has 94 valence electrons. The average molecular weight is 279 g/mol. The highest BCUT2D eigenvalue weighted by Crippen LogP contribution is 2.43. The molecule has 0 atom stereocenters. The summed E-state index contributed by atoms with van der Waals surface area (Å²) < 4.78 is 10.1. The van der Waals surface area contributed by atoms with Crippen LogP contribution in [0.3, 0.4) is 0 Å². The zero-order valence-electron chi connectivity index (χ0n) is 9.56. The number of nitrogens with one attached hydrogen (secondary N) is 2. The van der Waals surface area contributed by atoms with Gasteiger partial charge in [0, 0.05) is 13.1 Å². The largest absolute Gasteiger partial charge is 0.495 e. The topological polar surface area (TPSA) is 59.6 Å². The van der Waals surface area contributed by atoms with E-state index in [9.17, 15) is 4.79 Å². The van der Waals surface area contributed by atoms with Crippen LogP contribution in [-0.2, 0) is 0 Å². The number of rotatable bonds is 3. The standard InChI is InChI=1S/C10H12Cl2N2O3/c1-13-10(15)14-9-7(11)5(16-2)4-6(17-3)8(9)12/h4H,1-3H3,(H2,13,14,15). The molecule has 5 nitrogen and oxygen atoms in total. The van der Waals surface area contributed by atoms with Crippen molar-refractivity contribution in [3.05, 3.63) is 16.1 Å². The molecule has 0 aromatic heterocycles. The third-order valence-corrected chi connectivity index (χ3v) is 2.79. The normalized spacial score (nSPS) is 9.71. The highest BCUT2D eigenvalue weighted by atomic mass is 35.5. The van der Waals surface area contributed by atoms with Gasteiger partial charge in [-0.3, -0.25) is 0 Å². The second-order valence-corrected chi connectivity index (χ2v) is 3.74. The van der Waals surface area contributed by atoms with E-state index in [2.05, 4.69) is 10.6 Å². The number of hydrogen-bond donors (Lipinski definition) is 2. The first-order valence-corrected chi connectivity index (χ1v) is 5.39. The second kappa shape index (κ2) is 5.84. The van der Waals surface area contributed by atoms with E-state index in [1.807, 2.05) is 0 Å². The molecule has 17 heavy (non-hydrogen) atoms. The SMILES string of the molecule is CNC(=O)Nc1c(Cl)c(OC)cc(OC)c1Cl. The lowest BCUT2D eigenvalue weighted by Crippen LogP contribution is -2.24. The lowest BCUT2D eigenvalue weighted by molar-refractivity contribution is 0.254. The van der Waals surface area contributed by atoms with Crippen LogP contribution in [0.15, 0.2) is 6.07 Å². The van der Waals surface area contributed by atoms with Crippen molar-refractivity contribution in [2.75, 3.05) is 26.6 Å². The molecule has 2 N–H and O–H groups in total. The summed E-state index contributed by atoms with van der Waals surface area (Å²) in [6.45, 7) is 0. The first-order valence-electron chi connectivity index (χ1n) is 4.63. The molecule has 1 aromatic carbocycles. The zero-order valence-corrected chi connectivity index (χ0v) is 11.1. The van der Waals surface area contributed by atoms with Gasteiger partial charge in [-0.15, -0.1) is 0 Å². The lowest BCUT2D eigenvalue weighted by Gasteiger charge is -2.14. The molecular formula is C10H12Cl2N2O3. The van der Waals surface area contributed by atoms with Crippen molar-refractivity contribution in [3.63, 3.8) is 0 Å². The Morgan fingerprint density at radius 1 is 1.18 bits per heavy atom. The molecule has 0 aliphatic rings. The third-order valence-electron chi connectivity index (χ3n) is 2.04. The van der Waals surface area contributed by atoms with Gasteiger partial charge in [0.2, 0.25) is 0 Å². The summed E-state index contributed by atoms with van der Waals surface area (Å²) in [6.07, 6.45) is 0. The smallest absolute Gasteiger partial charge is 0.319 e. The molecule has 0 spiro atoms. The van der Waals surface area contributed by atoms with Gasteiger partial charge in [0.1, 0.15) is 21.5 Å². The van der Waals surface area contributed by atoms with E-state index in [4.69, 9.17) is 32.7 Å². The van der Waals surface area contributed by atoms with Crippen LogP contribution in [0.25, 0.3) is 0 Å². The number of benzene rings is 1. The van der Waals surface area contributed by atoms with E-state index in [0.717, 1.165) is 0 Å². The van der Waals surface area contributed by atoms with Crippen molar-refractivity contribution >= 4 is 34.9 Å². The molecule has 0 saturated carbocycles. The van der Waals surface area contributed by atoms with Gasteiger partial charge in [0.05, 0.1) is 19.9 Å². The van der Waals surface area contributed by atoms with E-state index in [1.165, 1.54) is 21.3 Å². The molecule has 1 rings (SSSR count). The van der Waals surface area contributed by atoms with Gasteiger partial charge >= 0.3 is 6.03 Å². The van der Waals surface area contributed by atoms with Crippen LogP contribution in [0.2, 0.25) is 10.0 Å². The van der Waals surface area contributed by atoms with Crippen LogP contribution in [0, 0.1) is 0 Å². The molecule has 0 aliphatic carbocycles. The molecule has 0 saturated heterocycles. The summed E-state index contributed by atoms with van der Waals surface area (Å²) in [5, 5.41) is 5.32. The second-order valence-electron chi connectivity index (χ2n) is 2.99. The summed E-state index contributed by atoms with van der Waals surface area (Å²) in [5.74, 6) is 0.721. The predicted molar refractivity (Wildman–Crippen MR) is 67.6 cm³/mol. The predicted octanol–water partition coefficient (Wildman–Crippen LogP) is 2.76. The number of carbonyl (C=O) groups is 1. The Morgan fingerprint density at radius 2 is 1.65 bits per heavy atom. The van der Waals surface area contributed by atoms with Crippen molar-refractivity contribution in [1.82, 2.24) is 5.32 Å². The Bertz CT molecular complexity index is 410. The number of hydrogen-bond acceptors (Lipinski definition) is 3. The summed E-state index contributed by atoms with van der Waals surface area (Å²) in [7, 11) is 4.39. The number of anilines is 1. The van der Waals surface area contributed by atoms with Crippen LogP contribution < -0.4 is 20.1 Å². The maximum absolute atomic E-state index is 11.3. The zero-order chi connectivity index (χ0) is 13.0. The Labute approximate surface area is 109 Å². The minimum Gasteiger partial charge on any atom is -0.495 e. The Morgan fingerprint density at radius 3 is 2.00 bits per heavy atom. The van der Waals surface area contributed by atoms with Crippen molar-refractivity contribution in [2.24, 2.45) is 0 Å². The number of methoxy groups -OCH3 is 2. The molecule has 7 heteroatoms. The fourth-order valence-electron chi connectivity index (χ4n) is 1.17. The minimum atomic E-state index is -0.441.